The first-order valence-corrected chi connectivity index (χ1v) is 4.57. The Labute approximate surface area is 78.2 Å². The molecule has 0 radical (unpaired) electrons. The largest absolute Gasteiger partial charge is 0.393 e. The highest BCUT2D eigenvalue weighted by atomic mass is 16.3. The first kappa shape index (κ1) is 14.5. The van der Waals surface area contributed by atoms with Gasteiger partial charge in [0.15, 0.2) is 0 Å². The van der Waals surface area contributed by atoms with Crippen molar-refractivity contribution in [1.82, 2.24) is 0 Å². The highest BCUT2D eigenvalue weighted by Gasteiger charge is 2.05. The van der Waals surface area contributed by atoms with Crippen LogP contribution in [0.2, 0.25) is 0 Å². The molecule has 0 aliphatic heterocycles. The maximum atomic E-state index is 9.34. The van der Waals surface area contributed by atoms with Crippen molar-refractivity contribution < 1.29 is 5.11 Å². The molecule has 1 aliphatic rings. The minimum Gasteiger partial charge on any atom is -0.393 e. The third kappa shape index (κ3) is 6.66. The first-order chi connectivity index (χ1) is 4.89. The lowest BCUT2D eigenvalue weighted by Crippen LogP contribution is -2.04. The van der Waals surface area contributed by atoms with Crippen LogP contribution in [0.4, 0.5) is 0 Å². The smallest absolute Gasteiger partial charge is 0.0540 e. The molecule has 76 valence electrons. The van der Waals surface area contributed by atoms with Crippen LogP contribution in [0.1, 0.15) is 66.2 Å². The van der Waals surface area contributed by atoms with Gasteiger partial charge in [0.2, 0.25) is 0 Å². The Morgan fingerprint density at radius 2 is 1.00 bits per heavy atom. The SMILES string of the molecule is C.C.OC1CCCCCCCC1. The molecule has 1 N–H and O–H groups in total. The predicted octanol–water partition coefficient (Wildman–Crippen LogP) is 3.75. The zero-order valence-corrected chi connectivity index (χ0v) is 6.68. The second-order valence-corrected chi connectivity index (χ2v) is 3.35. The molecule has 1 aliphatic carbocycles. The average Bonchev–Trinajstić information content (AvgIpc) is 2.02. The normalized spacial score (nSPS) is 20.8. The van der Waals surface area contributed by atoms with E-state index in [1.807, 2.05) is 0 Å². The van der Waals surface area contributed by atoms with Crippen molar-refractivity contribution in [2.24, 2.45) is 0 Å². The van der Waals surface area contributed by atoms with Crippen molar-refractivity contribution >= 4 is 0 Å². The number of rotatable bonds is 0. The van der Waals surface area contributed by atoms with E-state index in [1.54, 1.807) is 0 Å². The van der Waals surface area contributed by atoms with E-state index in [4.69, 9.17) is 0 Å². The number of aliphatic hydroxyl groups excluding tert-OH is 1. The lowest BCUT2D eigenvalue weighted by Gasteiger charge is -2.06. The summed E-state index contributed by atoms with van der Waals surface area (Å²) in [6.07, 6.45) is 9.99. The van der Waals surface area contributed by atoms with Crippen LogP contribution in [0.3, 0.4) is 0 Å². The third-order valence-electron chi connectivity index (χ3n) is 2.32. The van der Waals surface area contributed by atoms with Gasteiger partial charge in [0.05, 0.1) is 6.10 Å². The van der Waals surface area contributed by atoms with Gasteiger partial charge in [0.25, 0.3) is 0 Å². The molecule has 0 heterocycles. The molecule has 1 saturated carbocycles. The summed E-state index contributed by atoms with van der Waals surface area (Å²) < 4.78 is 0. The molecule has 1 heteroatoms. The molecule has 0 aromatic rings. The molecule has 1 fully saturated rings. The fourth-order valence-corrected chi connectivity index (χ4v) is 1.61. The number of aliphatic hydroxyl groups is 1. The zero-order valence-electron chi connectivity index (χ0n) is 6.68. The van der Waals surface area contributed by atoms with Crippen LogP contribution >= 0.6 is 0 Å². The molecular weight excluding hydrogens is 148 g/mol. The topological polar surface area (TPSA) is 20.2 Å². The van der Waals surface area contributed by atoms with Crippen LogP contribution in [0.25, 0.3) is 0 Å². The van der Waals surface area contributed by atoms with E-state index in [0.717, 1.165) is 12.8 Å². The highest BCUT2D eigenvalue weighted by Crippen LogP contribution is 2.16. The van der Waals surface area contributed by atoms with Crippen molar-refractivity contribution in [1.29, 1.82) is 0 Å². The summed E-state index contributed by atoms with van der Waals surface area (Å²) in [6, 6.07) is 0. The van der Waals surface area contributed by atoms with Crippen molar-refractivity contribution in [2.45, 2.75) is 72.3 Å². The van der Waals surface area contributed by atoms with Crippen LogP contribution in [0.15, 0.2) is 0 Å². The predicted molar refractivity (Wildman–Crippen MR) is 56.4 cm³/mol. The van der Waals surface area contributed by atoms with E-state index >= 15 is 0 Å². The standard InChI is InChI=1S/C9H18O.2CH4/c10-9-7-5-3-1-2-4-6-8-9;;/h9-10H,1-8H2;2*1H4. The lowest BCUT2D eigenvalue weighted by molar-refractivity contribution is 0.150. The minimum absolute atomic E-state index is 0. The fourth-order valence-electron chi connectivity index (χ4n) is 1.61. The van der Waals surface area contributed by atoms with E-state index in [-0.39, 0.29) is 21.0 Å². The Morgan fingerprint density at radius 1 is 0.667 bits per heavy atom. The second-order valence-electron chi connectivity index (χ2n) is 3.35. The summed E-state index contributed by atoms with van der Waals surface area (Å²) in [7, 11) is 0. The van der Waals surface area contributed by atoms with Gasteiger partial charge in [-0.3, -0.25) is 0 Å². The molecule has 0 unspecified atom stereocenters. The van der Waals surface area contributed by atoms with Crippen LogP contribution in [0, 0.1) is 0 Å². The van der Waals surface area contributed by atoms with Crippen molar-refractivity contribution in [3.05, 3.63) is 0 Å². The van der Waals surface area contributed by atoms with E-state index in [2.05, 4.69) is 0 Å². The van der Waals surface area contributed by atoms with Gasteiger partial charge >= 0.3 is 0 Å². The maximum Gasteiger partial charge on any atom is 0.0540 e. The van der Waals surface area contributed by atoms with Crippen molar-refractivity contribution in [2.75, 3.05) is 0 Å². The minimum atomic E-state index is 0. The second kappa shape index (κ2) is 9.05. The van der Waals surface area contributed by atoms with E-state index < -0.39 is 0 Å². The summed E-state index contributed by atoms with van der Waals surface area (Å²) in [5, 5.41) is 9.34. The zero-order chi connectivity index (χ0) is 7.23. The monoisotopic (exact) mass is 174 g/mol. The summed E-state index contributed by atoms with van der Waals surface area (Å²) in [5.41, 5.74) is 0. The third-order valence-corrected chi connectivity index (χ3v) is 2.32. The van der Waals surface area contributed by atoms with E-state index in [0.29, 0.717) is 0 Å². The van der Waals surface area contributed by atoms with E-state index in [9.17, 15) is 5.11 Å². The number of hydrogen-bond acceptors (Lipinski definition) is 1. The molecule has 0 atom stereocenters. The molecule has 1 rings (SSSR count). The van der Waals surface area contributed by atoms with Crippen LogP contribution in [-0.4, -0.2) is 11.2 Å². The molecule has 1 nitrogen and oxygen atoms in total. The van der Waals surface area contributed by atoms with Gasteiger partial charge in [-0.25, -0.2) is 0 Å². The molecule has 0 spiro atoms. The Morgan fingerprint density at radius 3 is 1.42 bits per heavy atom. The van der Waals surface area contributed by atoms with Crippen molar-refractivity contribution in [3.63, 3.8) is 0 Å². The summed E-state index contributed by atoms with van der Waals surface area (Å²) >= 11 is 0. The quantitative estimate of drug-likeness (QED) is 0.593. The molecular formula is C11H26O. The van der Waals surface area contributed by atoms with Gasteiger partial charge in [-0.2, -0.15) is 0 Å². The van der Waals surface area contributed by atoms with Crippen LogP contribution < -0.4 is 0 Å². The highest BCUT2D eigenvalue weighted by molar-refractivity contribution is 4.59. The number of hydrogen-bond donors (Lipinski definition) is 1. The average molecular weight is 174 g/mol. The van der Waals surface area contributed by atoms with Crippen LogP contribution in [-0.2, 0) is 0 Å². The first-order valence-electron chi connectivity index (χ1n) is 4.57. The molecule has 0 amide bonds. The Kier molecular flexibility index (Phi) is 10.9. The molecule has 0 saturated heterocycles. The summed E-state index contributed by atoms with van der Waals surface area (Å²) in [5.74, 6) is 0. The molecule has 0 aromatic carbocycles. The maximum absolute atomic E-state index is 9.34. The molecule has 12 heavy (non-hydrogen) atoms. The van der Waals surface area contributed by atoms with Gasteiger partial charge in [-0.15, -0.1) is 0 Å². The van der Waals surface area contributed by atoms with Gasteiger partial charge in [-0.1, -0.05) is 53.4 Å². The van der Waals surface area contributed by atoms with Crippen molar-refractivity contribution in [3.8, 4) is 0 Å². The summed E-state index contributed by atoms with van der Waals surface area (Å²) in [6.45, 7) is 0. The molecule has 0 bridgehead atoms. The Balaban J connectivity index is 0. The fraction of sp³-hybridized carbons (Fsp3) is 1.00. The Hall–Kier alpha value is -0.0400. The van der Waals surface area contributed by atoms with Gasteiger partial charge in [-0.05, 0) is 12.8 Å². The van der Waals surface area contributed by atoms with Gasteiger partial charge in [0, 0.05) is 0 Å². The van der Waals surface area contributed by atoms with Crippen LogP contribution in [0.5, 0.6) is 0 Å². The van der Waals surface area contributed by atoms with Gasteiger partial charge < -0.3 is 5.11 Å². The van der Waals surface area contributed by atoms with Gasteiger partial charge in [0.1, 0.15) is 0 Å². The Bertz CT molecular complexity index is 71.1. The van der Waals surface area contributed by atoms with E-state index in [1.165, 1.54) is 38.5 Å². The summed E-state index contributed by atoms with van der Waals surface area (Å²) in [4.78, 5) is 0. The molecule has 0 aromatic heterocycles. The lowest BCUT2D eigenvalue weighted by atomic mass is 10.1.